The molecule has 0 aromatic carbocycles. The highest BCUT2D eigenvalue weighted by Crippen LogP contribution is 2.13. The molecule has 3 heteroatoms. The lowest BCUT2D eigenvalue weighted by Gasteiger charge is -1.92. The van der Waals surface area contributed by atoms with Gasteiger partial charge in [-0.1, -0.05) is 17.8 Å². The molecule has 0 aliphatic heterocycles. The maximum absolute atomic E-state index is 9.03. The van der Waals surface area contributed by atoms with E-state index in [1.165, 1.54) is 11.3 Å². The quantitative estimate of drug-likeness (QED) is 0.701. The first-order valence-electron chi connectivity index (χ1n) is 4.59. The van der Waals surface area contributed by atoms with Gasteiger partial charge in [-0.05, 0) is 36.8 Å². The van der Waals surface area contributed by atoms with Crippen LogP contribution in [-0.4, -0.2) is 22.9 Å². The van der Waals surface area contributed by atoms with Crippen molar-refractivity contribution < 1.29 is 10.2 Å². The van der Waals surface area contributed by atoms with Crippen LogP contribution in [0.3, 0.4) is 0 Å². The van der Waals surface area contributed by atoms with Crippen LogP contribution in [0.15, 0.2) is 12.1 Å². The molecule has 0 fully saturated rings. The molecule has 0 spiro atoms. The zero-order chi connectivity index (χ0) is 11.8. The van der Waals surface area contributed by atoms with Crippen LogP contribution in [0.25, 0.3) is 0 Å². The highest BCUT2D eigenvalue weighted by atomic mass is 32.1. The van der Waals surface area contributed by atoms with Gasteiger partial charge >= 0.3 is 0 Å². The van der Waals surface area contributed by atoms with Crippen LogP contribution >= 0.6 is 11.3 Å². The Hall–Kier alpha value is -1.70. The molecule has 80 valence electrons. The summed E-state index contributed by atoms with van der Waals surface area (Å²) < 4.78 is 0. The summed E-state index contributed by atoms with van der Waals surface area (Å²) in [6.45, 7) is 1.38. The minimum absolute atomic E-state index is 0.350. The number of aliphatic hydroxyl groups is 2. The van der Waals surface area contributed by atoms with Gasteiger partial charge in [0.1, 0.15) is 6.10 Å². The van der Waals surface area contributed by atoms with Crippen LogP contribution in [0.4, 0.5) is 0 Å². The van der Waals surface area contributed by atoms with Crippen LogP contribution in [0.1, 0.15) is 16.7 Å². The molecule has 0 radical (unpaired) electrons. The largest absolute Gasteiger partial charge is 0.393 e. The number of hydrogen-bond acceptors (Lipinski definition) is 3. The van der Waals surface area contributed by atoms with Crippen molar-refractivity contribution in [1.82, 2.24) is 0 Å². The molecule has 1 heterocycles. The van der Waals surface area contributed by atoms with Crippen LogP contribution in [-0.2, 0) is 0 Å². The summed E-state index contributed by atoms with van der Waals surface area (Å²) >= 11 is 1.43. The Kier molecular flexibility index (Phi) is 5.20. The molecule has 1 rings (SSSR count). The molecule has 2 N–H and O–H groups in total. The molecule has 0 amide bonds. The van der Waals surface area contributed by atoms with E-state index in [2.05, 4.69) is 35.5 Å². The van der Waals surface area contributed by atoms with E-state index in [9.17, 15) is 0 Å². The third-order valence-corrected chi connectivity index (χ3v) is 2.43. The summed E-state index contributed by atoms with van der Waals surface area (Å²) in [6, 6.07) is 3.68. The van der Waals surface area contributed by atoms with Crippen molar-refractivity contribution in [2.45, 2.75) is 13.0 Å². The maximum atomic E-state index is 9.03. The van der Waals surface area contributed by atoms with Gasteiger partial charge in [-0.2, -0.15) is 0 Å². The van der Waals surface area contributed by atoms with Crippen LogP contribution in [0.2, 0.25) is 0 Å². The molecule has 2 nitrogen and oxygen atoms in total. The molecule has 0 bridgehead atoms. The van der Waals surface area contributed by atoms with E-state index >= 15 is 0 Å². The highest BCUT2D eigenvalue weighted by molar-refractivity contribution is 7.13. The number of aliphatic hydroxyl groups excluding tert-OH is 2. The summed E-state index contributed by atoms with van der Waals surface area (Å²) in [6.07, 6.45) is -0.984. The molecule has 0 unspecified atom stereocenters. The van der Waals surface area contributed by atoms with Crippen molar-refractivity contribution in [3.8, 4) is 35.5 Å². The zero-order valence-electron chi connectivity index (χ0n) is 8.74. The van der Waals surface area contributed by atoms with Gasteiger partial charge in [0.25, 0.3) is 0 Å². The van der Waals surface area contributed by atoms with Crippen molar-refractivity contribution in [1.29, 1.82) is 0 Å². The normalized spacial score (nSPS) is 9.94. The molecule has 1 aromatic heterocycles. The maximum Gasteiger partial charge on any atom is 0.138 e. The second kappa shape index (κ2) is 6.72. The van der Waals surface area contributed by atoms with Gasteiger partial charge < -0.3 is 10.2 Å². The summed E-state index contributed by atoms with van der Waals surface area (Å²) in [4.78, 5) is 1.69. The van der Waals surface area contributed by atoms with E-state index in [0.29, 0.717) is 0 Å². The van der Waals surface area contributed by atoms with E-state index in [1.807, 2.05) is 12.1 Å². The summed E-state index contributed by atoms with van der Waals surface area (Å²) in [5.74, 6) is 16.2. The fourth-order valence-corrected chi connectivity index (χ4v) is 1.55. The Balaban J connectivity index is 2.74. The van der Waals surface area contributed by atoms with E-state index in [-0.39, 0.29) is 6.61 Å². The second-order valence-corrected chi connectivity index (χ2v) is 3.84. The minimum Gasteiger partial charge on any atom is -0.393 e. The molecule has 1 aromatic rings. The van der Waals surface area contributed by atoms with Gasteiger partial charge in [0.05, 0.1) is 16.4 Å². The Labute approximate surface area is 98.9 Å². The Morgan fingerprint density at radius 2 is 1.94 bits per heavy atom. The molecular weight excluding hydrogens is 220 g/mol. The Morgan fingerprint density at radius 3 is 2.56 bits per heavy atom. The van der Waals surface area contributed by atoms with Crippen LogP contribution in [0.5, 0.6) is 0 Å². The van der Waals surface area contributed by atoms with E-state index < -0.39 is 6.10 Å². The first-order valence-corrected chi connectivity index (χ1v) is 5.41. The van der Waals surface area contributed by atoms with Crippen molar-refractivity contribution in [3.63, 3.8) is 0 Å². The fourth-order valence-electron chi connectivity index (χ4n) is 0.828. The molecule has 1 atom stereocenters. The van der Waals surface area contributed by atoms with E-state index in [1.54, 1.807) is 6.92 Å². The number of thiophene rings is 1. The van der Waals surface area contributed by atoms with Gasteiger partial charge in [0.2, 0.25) is 0 Å². The number of rotatable bonds is 1. The van der Waals surface area contributed by atoms with Gasteiger partial charge in [-0.3, -0.25) is 0 Å². The van der Waals surface area contributed by atoms with Gasteiger partial charge in [-0.15, -0.1) is 11.3 Å². The van der Waals surface area contributed by atoms with Gasteiger partial charge in [0.15, 0.2) is 0 Å². The summed E-state index contributed by atoms with van der Waals surface area (Å²) in [5, 5.41) is 17.6. The molecule has 0 saturated carbocycles. The van der Waals surface area contributed by atoms with E-state index in [4.69, 9.17) is 10.2 Å². The molecule has 0 aliphatic rings. The average molecular weight is 230 g/mol. The third kappa shape index (κ3) is 4.22. The monoisotopic (exact) mass is 230 g/mol. The molecule has 0 saturated heterocycles. The average Bonchev–Trinajstić information content (AvgIpc) is 2.74. The lowest BCUT2D eigenvalue weighted by atomic mass is 10.3. The molecule has 16 heavy (non-hydrogen) atoms. The van der Waals surface area contributed by atoms with Crippen molar-refractivity contribution in [2.24, 2.45) is 0 Å². The Bertz CT molecular complexity index is 523. The third-order valence-electron chi connectivity index (χ3n) is 1.51. The predicted octanol–water partition coefficient (Wildman–Crippen LogP) is 0.828. The minimum atomic E-state index is -0.984. The molecule has 0 aliphatic carbocycles. The predicted molar refractivity (Wildman–Crippen MR) is 64.6 cm³/mol. The Morgan fingerprint density at radius 1 is 1.25 bits per heavy atom. The fraction of sp³-hybridized carbons (Fsp3) is 0.231. The topological polar surface area (TPSA) is 40.5 Å². The lowest BCUT2D eigenvalue weighted by Crippen LogP contribution is -2.07. The SMILES string of the molecule is CC#CC#Cc1ccc(C#C[C@H](O)CO)s1. The van der Waals surface area contributed by atoms with Crippen molar-refractivity contribution in [2.75, 3.05) is 6.61 Å². The number of hydrogen-bond donors (Lipinski definition) is 2. The van der Waals surface area contributed by atoms with E-state index in [0.717, 1.165) is 9.75 Å². The standard InChI is InChI=1S/C13H10O2S/c1-2-3-4-5-12-8-9-13(16-12)7-6-11(15)10-14/h8-9,11,14-15H,10H2,1H3/t11-/m0/s1. The smallest absolute Gasteiger partial charge is 0.138 e. The first kappa shape index (κ1) is 12.4. The summed E-state index contributed by atoms with van der Waals surface area (Å²) in [7, 11) is 0. The van der Waals surface area contributed by atoms with Gasteiger partial charge in [0, 0.05) is 0 Å². The second-order valence-electron chi connectivity index (χ2n) is 2.76. The highest BCUT2D eigenvalue weighted by Gasteiger charge is 1.96. The lowest BCUT2D eigenvalue weighted by molar-refractivity contribution is 0.138. The summed E-state index contributed by atoms with van der Waals surface area (Å²) in [5.41, 5.74) is 0. The van der Waals surface area contributed by atoms with Crippen LogP contribution in [0, 0.1) is 35.5 Å². The first-order chi connectivity index (χ1) is 7.76. The zero-order valence-corrected chi connectivity index (χ0v) is 9.56. The van der Waals surface area contributed by atoms with Gasteiger partial charge in [-0.25, -0.2) is 0 Å². The van der Waals surface area contributed by atoms with Crippen molar-refractivity contribution >= 4 is 11.3 Å². The van der Waals surface area contributed by atoms with Crippen LogP contribution < -0.4 is 0 Å². The van der Waals surface area contributed by atoms with Crippen molar-refractivity contribution in [3.05, 3.63) is 21.9 Å². The molecular formula is C13H10O2S.